The molecule has 0 fully saturated rings. The van der Waals surface area contributed by atoms with E-state index in [2.05, 4.69) is 9.72 Å². The first-order chi connectivity index (χ1) is 8.24. The standard InChI is InChI=1S/C12H11NO2S2/c1-15-12(14)10-7-13-11(17-10)8-3-5-9(16-2)6-4-8/h3-7H,1-2H3. The van der Waals surface area contributed by atoms with Crippen LogP contribution in [0, 0.1) is 0 Å². The van der Waals surface area contributed by atoms with Gasteiger partial charge >= 0.3 is 5.97 Å². The van der Waals surface area contributed by atoms with Crippen LogP contribution in [0.1, 0.15) is 9.67 Å². The Labute approximate surface area is 108 Å². The number of methoxy groups -OCH3 is 1. The fourth-order valence-electron chi connectivity index (χ4n) is 1.34. The van der Waals surface area contributed by atoms with Gasteiger partial charge in [-0.05, 0) is 18.4 Å². The molecule has 1 aromatic heterocycles. The second-order valence-corrected chi connectivity index (χ2v) is 5.16. The summed E-state index contributed by atoms with van der Waals surface area (Å²) in [5, 5.41) is 0.832. The Kier molecular flexibility index (Phi) is 3.81. The fraction of sp³-hybridized carbons (Fsp3) is 0.167. The van der Waals surface area contributed by atoms with Gasteiger partial charge in [0.2, 0.25) is 0 Å². The van der Waals surface area contributed by atoms with Crippen molar-refractivity contribution in [2.75, 3.05) is 13.4 Å². The van der Waals surface area contributed by atoms with Crippen molar-refractivity contribution in [2.24, 2.45) is 0 Å². The molecule has 1 aromatic carbocycles. The minimum absolute atomic E-state index is 0.338. The highest BCUT2D eigenvalue weighted by Crippen LogP contribution is 2.27. The number of hydrogen-bond donors (Lipinski definition) is 0. The summed E-state index contributed by atoms with van der Waals surface area (Å²) in [5.41, 5.74) is 1.02. The second kappa shape index (κ2) is 5.33. The average Bonchev–Trinajstić information content (AvgIpc) is 2.87. The molecule has 88 valence electrons. The fourth-order valence-corrected chi connectivity index (χ4v) is 2.58. The third-order valence-electron chi connectivity index (χ3n) is 2.23. The molecule has 0 amide bonds. The number of nitrogens with zero attached hydrogens (tertiary/aromatic N) is 1. The summed E-state index contributed by atoms with van der Waals surface area (Å²) in [5.74, 6) is -0.338. The summed E-state index contributed by atoms with van der Waals surface area (Å²) in [6, 6.07) is 8.09. The van der Waals surface area contributed by atoms with Crippen LogP contribution in [0.15, 0.2) is 35.4 Å². The number of rotatable bonds is 3. The molecule has 0 atom stereocenters. The van der Waals surface area contributed by atoms with Gasteiger partial charge < -0.3 is 4.74 Å². The van der Waals surface area contributed by atoms with Crippen LogP contribution in [0.2, 0.25) is 0 Å². The Morgan fingerprint density at radius 2 is 2.06 bits per heavy atom. The Bertz CT molecular complexity index is 520. The van der Waals surface area contributed by atoms with Gasteiger partial charge in [0.15, 0.2) is 0 Å². The molecule has 0 saturated heterocycles. The first kappa shape index (κ1) is 12.1. The first-order valence-corrected chi connectivity index (χ1v) is 6.97. The SMILES string of the molecule is COC(=O)c1cnc(-c2ccc(SC)cc2)s1. The van der Waals surface area contributed by atoms with Crippen LogP contribution in [0.3, 0.4) is 0 Å². The average molecular weight is 265 g/mol. The van der Waals surface area contributed by atoms with Crippen LogP contribution in [0.25, 0.3) is 10.6 Å². The van der Waals surface area contributed by atoms with E-state index in [9.17, 15) is 4.79 Å². The van der Waals surface area contributed by atoms with E-state index in [-0.39, 0.29) is 5.97 Å². The summed E-state index contributed by atoms with van der Waals surface area (Å²) in [6.45, 7) is 0. The molecule has 17 heavy (non-hydrogen) atoms. The van der Waals surface area contributed by atoms with E-state index in [1.54, 1.807) is 18.0 Å². The molecule has 0 spiro atoms. The van der Waals surface area contributed by atoms with Crippen LogP contribution < -0.4 is 0 Å². The molecule has 0 aliphatic heterocycles. The molecule has 5 heteroatoms. The zero-order valence-corrected chi connectivity index (χ0v) is 11.1. The third-order valence-corrected chi connectivity index (χ3v) is 4.00. The predicted octanol–water partition coefficient (Wildman–Crippen LogP) is 3.32. The highest BCUT2D eigenvalue weighted by atomic mass is 32.2. The van der Waals surface area contributed by atoms with E-state index >= 15 is 0 Å². The maximum atomic E-state index is 11.3. The lowest BCUT2D eigenvalue weighted by Gasteiger charge is -1.98. The van der Waals surface area contributed by atoms with Crippen LogP contribution in [-0.4, -0.2) is 24.3 Å². The highest BCUT2D eigenvalue weighted by Gasteiger charge is 2.11. The Morgan fingerprint density at radius 1 is 1.35 bits per heavy atom. The maximum Gasteiger partial charge on any atom is 0.349 e. The Hall–Kier alpha value is -1.33. The van der Waals surface area contributed by atoms with Crippen molar-refractivity contribution in [3.05, 3.63) is 35.3 Å². The van der Waals surface area contributed by atoms with Crippen molar-refractivity contribution in [3.8, 4) is 10.6 Å². The van der Waals surface area contributed by atoms with Crippen molar-refractivity contribution in [3.63, 3.8) is 0 Å². The molecule has 1 heterocycles. The summed E-state index contributed by atoms with van der Waals surface area (Å²) < 4.78 is 4.65. The maximum absolute atomic E-state index is 11.3. The molecule has 0 aliphatic rings. The van der Waals surface area contributed by atoms with Gasteiger partial charge in [-0.15, -0.1) is 23.1 Å². The van der Waals surface area contributed by atoms with Gasteiger partial charge in [-0.1, -0.05) is 12.1 Å². The van der Waals surface area contributed by atoms with E-state index in [4.69, 9.17) is 0 Å². The first-order valence-electron chi connectivity index (χ1n) is 4.93. The van der Waals surface area contributed by atoms with Gasteiger partial charge in [0, 0.05) is 10.5 Å². The molecule has 0 N–H and O–H groups in total. The summed E-state index contributed by atoms with van der Waals surface area (Å²) in [7, 11) is 1.37. The zero-order chi connectivity index (χ0) is 12.3. The van der Waals surface area contributed by atoms with E-state index in [0.29, 0.717) is 4.88 Å². The van der Waals surface area contributed by atoms with Crippen molar-refractivity contribution >= 4 is 29.1 Å². The largest absolute Gasteiger partial charge is 0.465 e. The monoisotopic (exact) mass is 265 g/mol. The molecule has 2 aromatic rings. The Morgan fingerprint density at radius 3 is 2.65 bits per heavy atom. The zero-order valence-electron chi connectivity index (χ0n) is 9.47. The van der Waals surface area contributed by atoms with Crippen LogP contribution in [0.4, 0.5) is 0 Å². The lowest BCUT2D eigenvalue weighted by molar-refractivity contribution is 0.0606. The van der Waals surface area contributed by atoms with E-state index in [0.717, 1.165) is 10.6 Å². The summed E-state index contributed by atoms with van der Waals surface area (Å²) in [6.07, 6.45) is 3.59. The molecule has 0 saturated carbocycles. The quantitative estimate of drug-likeness (QED) is 0.630. The van der Waals surface area contributed by atoms with Crippen molar-refractivity contribution < 1.29 is 9.53 Å². The summed E-state index contributed by atoms with van der Waals surface area (Å²) in [4.78, 5) is 17.3. The van der Waals surface area contributed by atoms with E-state index in [1.165, 1.54) is 23.3 Å². The van der Waals surface area contributed by atoms with Crippen molar-refractivity contribution in [1.29, 1.82) is 0 Å². The summed E-state index contributed by atoms with van der Waals surface area (Å²) >= 11 is 3.03. The van der Waals surface area contributed by atoms with Gasteiger partial charge in [0.25, 0.3) is 0 Å². The number of thioether (sulfide) groups is 1. The molecule has 0 aliphatic carbocycles. The number of hydrogen-bond acceptors (Lipinski definition) is 5. The lowest BCUT2D eigenvalue weighted by atomic mass is 10.2. The van der Waals surface area contributed by atoms with Crippen molar-refractivity contribution in [1.82, 2.24) is 4.98 Å². The molecule has 0 unspecified atom stereocenters. The number of esters is 1. The van der Waals surface area contributed by atoms with Crippen LogP contribution in [-0.2, 0) is 4.74 Å². The third kappa shape index (κ3) is 2.68. The minimum Gasteiger partial charge on any atom is -0.465 e. The predicted molar refractivity (Wildman–Crippen MR) is 70.7 cm³/mol. The lowest BCUT2D eigenvalue weighted by Crippen LogP contribution is -1.96. The topological polar surface area (TPSA) is 39.2 Å². The molecule has 2 rings (SSSR count). The molecule has 3 nitrogen and oxygen atoms in total. The van der Waals surface area contributed by atoms with Crippen molar-refractivity contribution in [2.45, 2.75) is 4.90 Å². The number of benzene rings is 1. The van der Waals surface area contributed by atoms with Gasteiger partial charge in [-0.3, -0.25) is 0 Å². The normalized spacial score (nSPS) is 10.2. The minimum atomic E-state index is -0.338. The molecular formula is C12H11NO2S2. The molecule has 0 bridgehead atoms. The number of ether oxygens (including phenoxy) is 1. The smallest absolute Gasteiger partial charge is 0.349 e. The number of carbonyl (C=O) groups excluding carboxylic acids is 1. The van der Waals surface area contributed by atoms with Gasteiger partial charge in [-0.2, -0.15) is 0 Å². The number of carbonyl (C=O) groups is 1. The number of thiazole rings is 1. The molecule has 0 radical (unpaired) electrons. The number of aromatic nitrogens is 1. The second-order valence-electron chi connectivity index (χ2n) is 3.25. The highest BCUT2D eigenvalue weighted by molar-refractivity contribution is 7.98. The molecular weight excluding hydrogens is 254 g/mol. The van der Waals surface area contributed by atoms with E-state index in [1.807, 2.05) is 30.5 Å². The Balaban J connectivity index is 2.27. The van der Waals surface area contributed by atoms with Gasteiger partial charge in [-0.25, -0.2) is 9.78 Å². The van der Waals surface area contributed by atoms with Gasteiger partial charge in [0.05, 0.1) is 13.3 Å². The van der Waals surface area contributed by atoms with E-state index < -0.39 is 0 Å². The van der Waals surface area contributed by atoms with Crippen LogP contribution in [0.5, 0.6) is 0 Å². The van der Waals surface area contributed by atoms with Gasteiger partial charge in [0.1, 0.15) is 9.88 Å². The van der Waals surface area contributed by atoms with Crippen LogP contribution >= 0.6 is 23.1 Å².